The van der Waals surface area contributed by atoms with Gasteiger partial charge in [0, 0.05) is 33.5 Å². The molecule has 0 spiro atoms. The summed E-state index contributed by atoms with van der Waals surface area (Å²) in [6.07, 6.45) is -2.74. The van der Waals surface area contributed by atoms with Crippen LogP contribution >= 0.6 is 23.2 Å². The molecule has 1 aliphatic rings. The maximum absolute atomic E-state index is 13.5. The maximum atomic E-state index is 13.5. The van der Waals surface area contributed by atoms with Crippen LogP contribution in [0.25, 0.3) is 5.69 Å². The molecule has 3 N–H and O–H groups in total. The first kappa shape index (κ1) is 34.9. The van der Waals surface area contributed by atoms with Gasteiger partial charge in [0.05, 0.1) is 11.4 Å². The smallest absolute Gasteiger partial charge is 0.326 e. The fourth-order valence-corrected chi connectivity index (χ4v) is 5.45. The van der Waals surface area contributed by atoms with Gasteiger partial charge < -0.3 is 30.0 Å². The van der Waals surface area contributed by atoms with Crippen LogP contribution in [-0.4, -0.2) is 57.7 Å². The van der Waals surface area contributed by atoms with Gasteiger partial charge in [-0.2, -0.15) is 5.10 Å². The Morgan fingerprint density at radius 1 is 0.979 bits per heavy atom. The normalized spacial score (nSPS) is 16.7. The minimum atomic E-state index is -1.38. The number of hydrogen-bond donors (Lipinski definition) is 3. The third kappa shape index (κ3) is 8.35. The average molecular weight is 696 g/mol. The zero-order chi connectivity index (χ0) is 34.6. The predicted octanol–water partition coefficient (Wildman–Crippen LogP) is 5.86. The highest BCUT2D eigenvalue weighted by Gasteiger charge is 2.42. The van der Waals surface area contributed by atoms with Crippen molar-refractivity contribution in [2.24, 2.45) is 0 Å². The van der Waals surface area contributed by atoms with Gasteiger partial charge in [-0.25, -0.2) is 9.48 Å². The van der Waals surface area contributed by atoms with Crippen LogP contribution in [0.3, 0.4) is 0 Å². The summed E-state index contributed by atoms with van der Waals surface area (Å²) in [6, 6.07) is 20.0. The highest BCUT2D eigenvalue weighted by molar-refractivity contribution is 6.35. The van der Waals surface area contributed by atoms with E-state index in [-0.39, 0.29) is 25.2 Å². The van der Waals surface area contributed by atoms with E-state index in [4.69, 9.17) is 42.5 Å². The van der Waals surface area contributed by atoms with Gasteiger partial charge in [0.15, 0.2) is 12.2 Å². The Morgan fingerprint density at radius 2 is 1.60 bits per heavy atom. The molecular weight excluding hydrogens is 659 g/mol. The number of ether oxygens (including phenoxy) is 3. The molecule has 0 bridgehead atoms. The lowest BCUT2D eigenvalue weighted by atomic mass is 9.92. The number of aryl methyl sites for hydroxylation is 1. The number of aromatic nitrogens is 2. The van der Waals surface area contributed by atoms with Crippen LogP contribution in [0, 0.1) is 6.92 Å². The highest BCUT2D eigenvalue weighted by atomic mass is 35.5. The predicted molar refractivity (Wildman–Crippen MR) is 181 cm³/mol. The van der Waals surface area contributed by atoms with Crippen LogP contribution in [0.2, 0.25) is 10.0 Å². The van der Waals surface area contributed by atoms with Gasteiger partial charge in [-0.3, -0.25) is 9.59 Å². The van der Waals surface area contributed by atoms with Crippen molar-refractivity contribution in [1.29, 1.82) is 0 Å². The fraction of sp³-hybridized carbons (Fsp3) is 0.314. The molecule has 1 aromatic heterocycles. The molecule has 0 radical (unpaired) electrons. The molecule has 0 aliphatic carbocycles. The molecule has 1 fully saturated rings. The number of hydrogen-bond acceptors (Lipinski definition) is 7. The topological polar surface area (TPSA) is 141 Å². The Balaban J connectivity index is 1.23. The monoisotopic (exact) mass is 694 g/mol. The summed E-state index contributed by atoms with van der Waals surface area (Å²) >= 11 is 12.4. The van der Waals surface area contributed by atoms with Gasteiger partial charge in [-0.05, 0) is 48.9 Å². The van der Waals surface area contributed by atoms with Crippen molar-refractivity contribution in [2.75, 3.05) is 12.1 Å². The van der Waals surface area contributed by atoms with Gasteiger partial charge in [-0.1, -0.05) is 79.9 Å². The molecule has 1 aliphatic heterocycles. The summed E-state index contributed by atoms with van der Waals surface area (Å²) in [4.78, 5) is 38.9. The third-order valence-corrected chi connectivity index (χ3v) is 8.43. The first-order valence-electron chi connectivity index (χ1n) is 15.2. The Hall–Kier alpha value is -4.42. The molecule has 13 heteroatoms. The van der Waals surface area contributed by atoms with Crippen molar-refractivity contribution >= 4 is 46.8 Å². The molecule has 2 amide bonds. The van der Waals surface area contributed by atoms with E-state index >= 15 is 0 Å². The molecule has 2 heterocycles. The number of rotatable bonds is 11. The van der Waals surface area contributed by atoms with E-state index < -0.39 is 36.0 Å². The Labute approximate surface area is 288 Å². The van der Waals surface area contributed by atoms with Crippen molar-refractivity contribution in [1.82, 2.24) is 15.1 Å². The number of anilines is 1. The van der Waals surface area contributed by atoms with Crippen LogP contribution in [0.1, 0.15) is 43.2 Å². The fourth-order valence-electron chi connectivity index (χ4n) is 4.94. The lowest BCUT2D eigenvalue weighted by molar-refractivity contribution is -0.144. The third-order valence-electron chi connectivity index (χ3n) is 7.72. The second-order valence-electron chi connectivity index (χ2n) is 12.4. The molecule has 252 valence electrons. The Morgan fingerprint density at radius 3 is 2.21 bits per heavy atom. The van der Waals surface area contributed by atoms with Crippen molar-refractivity contribution in [3.63, 3.8) is 0 Å². The minimum absolute atomic E-state index is 0.0343. The number of nitrogens with one attached hydrogen (secondary N) is 2. The maximum Gasteiger partial charge on any atom is 0.326 e. The number of nitrogens with zero attached hydrogens (tertiary/aromatic N) is 2. The van der Waals surface area contributed by atoms with E-state index in [2.05, 4.69) is 10.6 Å². The number of carboxylic acids is 1. The van der Waals surface area contributed by atoms with Crippen molar-refractivity contribution in [3.05, 3.63) is 105 Å². The number of carbonyl (C=O) groups is 3. The summed E-state index contributed by atoms with van der Waals surface area (Å²) in [5.74, 6) is -1.78. The van der Waals surface area contributed by atoms with Gasteiger partial charge in [0.1, 0.15) is 31.0 Å². The Kier molecular flexibility index (Phi) is 10.7. The number of amides is 2. The first-order valence-corrected chi connectivity index (χ1v) is 15.9. The molecular formula is C35H36Cl2N4O7. The van der Waals surface area contributed by atoms with Gasteiger partial charge >= 0.3 is 5.97 Å². The van der Waals surface area contributed by atoms with Gasteiger partial charge in [0.25, 0.3) is 11.8 Å². The van der Waals surface area contributed by atoms with Crippen molar-refractivity contribution < 1.29 is 33.7 Å². The van der Waals surface area contributed by atoms with E-state index in [1.165, 1.54) is 0 Å². The second kappa shape index (κ2) is 14.8. The minimum Gasteiger partial charge on any atom is -0.489 e. The lowest BCUT2D eigenvalue weighted by Crippen LogP contribution is -2.51. The number of benzene rings is 3. The summed E-state index contributed by atoms with van der Waals surface area (Å²) in [6.45, 7) is 7.83. The van der Waals surface area contributed by atoms with Crippen LogP contribution in [0.5, 0.6) is 5.75 Å². The average Bonchev–Trinajstić information content (AvgIpc) is 3.70. The molecule has 0 saturated carbocycles. The highest BCUT2D eigenvalue weighted by Crippen LogP contribution is 2.28. The number of aliphatic carboxylic acids is 1. The van der Waals surface area contributed by atoms with E-state index in [0.29, 0.717) is 32.7 Å². The largest absolute Gasteiger partial charge is 0.489 e. The second-order valence-corrected chi connectivity index (χ2v) is 13.2. The summed E-state index contributed by atoms with van der Waals surface area (Å²) in [5, 5.41) is 20.9. The summed E-state index contributed by atoms with van der Waals surface area (Å²) < 4.78 is 18.4. The van der Waals surface area contributed by atoms with Crippen molar-refractivity contribution in [3.8, 4) is 11.4 Å². The molecule has 3 atom stereocenters. The summed E-state index contributed by atoms with van der Waals surface area (Å²) in [7, 11) is 0. The van der Waals surface area contributed by atoms with E-state index in [1.54, 1.807) is 53.2 Å². The molecule has 5 rings (SSSR count). The van der Waals surface area contributed by atoms with E-state index in [1.807, 2.05) is 52.0 Å². The number of carboxylic acid groups (broad SMARTS) is 1. The van der Waals surface area contributed by atoms with Crippen LogP contribution in [-0.2, 0) is 42.3 Å². The summed E-state index contributed by atoms with van der Waals surface area (Å²) in [5.41, 5.74) is 3.51. The lowest BCUT2D eigenvalue weighted by Gasteiger charge is -2.20. The van der Waals surface area contributed by atoms with Gasteiger partial charge in [0.2, 0.25) is 0 Å². The SMILES string of the molecule is Cc1ccc(-n2nc(C(C)(C)C)cc2NC(=O)[C@@H]2OCO[C@H]2C(=O)N[C@@H](Cc2ccc(OCc3c(Cl)cccc3Cl)cc2)C(=O)O)cc1. The molecule has 0 unspecified atom stereocenters. The van der Waals surface area contributed by atoms with Crippen LogP contribution < -0.4 is 15.4 Å². The van der Waals surface area contributed by atoms with Crippen LogP contribution in [0.4, 0.5) is 5.82 Å². The first-order chi connectivity index (χ1) is 22.8. The quantitative estimate of drug-likeness (QED) is 0.177. The zero-order valence-corrected chi connectivity index (χ0v) is 28.3. The molecule has 4 aromatic rings. The molecule has 3 aromatic carbocycles. The van der Waals surface area contributed by atoms with E-state index in [9.17, 15) is 19.5 Å². The van der Waals surface area contributed by atoms with Crippen LogP contribution in [0.15, 0.2) is 72.8 Å². The zero-order valence-electron chi connectivity index (χ0n) is 26.8. The Bertz CT molecular complexity index is 1770. The molecule has 1 saturated heterocycles. The van der Waals surface area contributed by atoms with Crippen molar-refractivity contribution in [2.45, 2.75) is 64.4 Å². The number of carbonyl (C=O) groups excluding carboxylic acids is 2. The van der Waals surface area contributed by atoms with Gasteiger partial charge in [-0.15, -0.1) is 0 Å². The number of halogens is 2. The van der Waals surface area contributed by atoms with E-state index in [0.717, 1.165) is 16.9 Å². The molecule has 48 heavy (non-hydrogen) atoms. The standard InChI is InChI=1S/C35H36Cl2N4O7/c1-20-8-12-22(13-9-20)41-29(17-28(40-41)35(2,3)4)39-33(43)31-30(47-19-48-31)32(42)38-27(34(44)45)16-21-10-14-23(15-11-21)46-18-24-25(36)6-5-7-26(24)37/h5-15,17,27,30-31H,16,18-19H2,1-4H3,(H,38,42)(H,39,43)(H,44,45)/t27-,30+,31+/m0/s1. The molecule has 11 nitrogen and oxygen atoms in total.